The summed E-state index contributed by atoms with van der Waals surface area (Å²) in [6.07, 6.45) is 1.19. The average molecular weight is 246 g/mol. The zero-order valence-corrected chi connectivity index (χ0v) is 11.1. The average Bonchev–Trinajstić information content (AvgIpc) is 2.35. The highest BCUT2D eigenvalue weighted by Gasteiger charge is 2.06. The second-order valence-electron chi connectivity index (χ2n) is 4.26. The van der Waals surface area contributed by atoms with Crippen LogP contribution in [0, 0.1) is 0 Å². The molecule has 3 heteroatoms. The molecule has 2 nitrogen and oxygen atoms in total. The molecule has 0 aliphatic rings. The first kappa shape index (κ1) is 12.2. The standard InChI is InChI=1S/C14H18N2S/c1-3-10(2)17-9-12-8-11-6-4-5-7-13(11)16-14(12)15/h4-8,10H,3,9H2,1-2H3,(H2,15,16). The molecule has 1 atom stereocenters. The Bertz CT molecular complexity index is 511. The van der Waals surface area contributed by atoms with Crippen molar-refractivity contribution in [2.75, 3.05) is 5.73 Å². The van der Waals surface area contributed by atoms with Crippen LogP contribution in [-0.2, 0) is 5.75 Å². The van der Waals surface area contributed by atoms with E-state index < -0.39 is 0 Å². The Hall–Kier alpha value is -1.22. The van der Waals surface area contributed by atoms with E-state index in [1.807, 2.05) is 30.0 Å². The van der Waals surface area contributed by atoms with E-state index in [0.29, 0.717) is 11.1 Å². The van der Waals surface area contributed by atoms with Gasteiger partial charge in [0.05, 0.1) is 5.52 Å². The first-order valence-corrected chi connectivity index (χ1v) is 7.01. The van der Waals surface area contributed by atoms with Gasteiger partial charge < -0.3 is 5.73 Å². The Morgan fingerprint density at radius 3 is 2.88 bits per heavy atom. The molecule has 2 N–H and O–H groups in total. The second kappa shape index (κ2) is 5.41. The van der Waals surface area contributed by atoms with Crippen molar-refractivity contribution >= 4 is 28.5 Å². The number of hydrogen-bond acceptors (Lipinski definition) is 3. The Kier molecular flexibility index (Phi) is 3.89. The molecule has 0 saturated carbocycles. The molecule has 1 unspecified atom stereocenters. The molecule has 1 heterocycles. The summed E-state index contributed by atoms with van der Waals surface area (Å²) >= 11 is 1.93. The maximum absolute atomic E-state index is 5.99. The van der Waals surface area contributed by atoms with Crippen molar-refractivity contribution in [2.24, 2.45) is 0 Å². The predicted octanol–water partition coefficient (Wildman–Crippen LogP) is 3.85. The van der Waals surface area contributed by atoms with Crippen molar-refractivity contribution in [1.29, 1.82) is 0 Å². The molecule has 0 aliphatic carbocycles. The number of nitrogens with zero attached hydrogens (tertiary/aromatic N) is 1. The molecule has 0 fully saturated rings. The van der Waals surface area contributed by atoms with Crippen molar-refractivity contribution in [2.45, 2.75) is 31.3 Å². The number of benzene rings is 1. The van der Waals surface area contributed by atoms with Gasteiger partial charge in [-0.25, -0.2) is 4.98 Å². The highest BCUT2D eigenvalue weighted by Crippen LogP contribution is 2.25. The van der Waals surface area contributed by atoms with Crippen LogP contribution in [0.3, 0.4) is 0 Å². The summed E-state index contributed by atoms with van der Waals surface area (Å²) in [6.45, 7) is 4.45. The molecule has 2 rings (SSSR count). The summed E-state index contributed by atoms with van der Waals surface area (Å²) in [5, 5.41) is 1.84. The normalized spacial score (nSPS) is 12.8. The van der Waals surface area contributed by atoms with Gasteiger partial charge in [-0.05, 0) is 18.6 Å². The van der Waals surface area contributed by atoms with E-state index in [4.69, 9.17) is 5.73 Å². The molecule has 90 valence electrons. The number of aromatic nitrogens is 1. The third kappa shape index (κ3) is 2.91. The van der Waals surface area contributed by atoms with Crippen LogP contribution in [0.4, 0.5) is 5.82 Å². The quantitative estimate of drug-likeness (QED) is 0.890. The zero-order chi connectivity index (χ0) is 12.3. The Balaban J connectivity index is 2.25. The van der Waals surface area contributed by atoms with E-state index in [1.165, 1.54) is 11.8 Å². The SMILES string of the molecule is CCC(C)SCc1cc2ccccc2nc1N. The van der Waals surface area contributed by atoms with E-state index in [9.17, 15) is 0 Å². The van der Waals surface area contributed by atoms with E-state index >= 15 is 0 Å². The Morgan fingerprint density at radius 1 is 1.35 bits per heavy atom. The number of rotatable bonds is 4. The third-order valence-corrected chi connectivity index (χ3v) is 4.31. The van der Waals surface area contributed by atoms with E-state index in [-0.39, 0.29) is 0 Å². The second-order valence-corrected chi connectivity index (χ2v) is 5.68. The third-order valence-electron chi connectivity index (χ3n) is 2.93. The first-order chi connectivity index (χ1) is 8.20. The highest BCUT2D eigenvalue weighted by atomic mass is 32.2. The van der Waals surface area contributed by atoms with Gasteiger partial charge in [-0.2, -0.15) is 11.8 Å². The number of hydrogen-bond donors (Lipinski definition) is 1. The van der Waals surface area contributed by atoms with Crippen molar-refractivity contribution < 1.29 is 0 Å². The van der Waals surface area contributed by atoms with Crippen molar-refractivity contribution in [1.82, 2.24) is 4.98 Å². The predicted molar refractivity (Wildman–Crippen MR) is 77.2 cm³/mol. The first-order valence-electron chi connectivity index (χ1n) is 5.96. The lowest BCUT2D eigenvalue weighted by Gasteiger charge is -2.10. The van der Waals surface area contributed by atoms with Crippen LogP contribution in [0.25, 0.3) is 10.9 Å². The van der Waals surface area contributed by atoms with Gasteiger partial charge in [0.2, 0.25) is 0 Å². The van der Waals surface area contributed by atoms with Gasteiger partial charge in [-0.3, -0.25) is 0 Å². The minimum absolute atomic E-state index is 0.666. The molecule has 1 aromatic heterocycles. The van der Waals surface area contributed by atoms with Crippen LogP contribution in [0.15, 0.2) is 30.3 Å². The van der Waals surface area contributed by atoms with Crippen LogP contribution < -0.4 is 5.73 Å². The Morgan fingerprint density at radius 2 is 2.12 bits per heavy atom. The van der Waals surface area contributed by atoms with Crippen LogP contribution in [0.1, 0.15) is 25.8 Å². The van der Waals surface area contributed by atoms with E-state index in [0.717, 1.165) is 16.8 Å². The largest absolute Gasteiger partial charge is 0.383 e. The van der Waals surface area contributed by atoms with E-state index in [2.05, 4.69) is 31.0 Å². The fraction of sp³-hybridized carbons (Fsp3) is 0.357. The summed E-state index contributed by atoms with van der Waals surface area (Å²) in [4.78, 5) is 4.44. The van der Waals surface area contributed by atoms with Gasteiger partial charge in [0, 0.05) is 22.0 Å². The number of pyridine rings is 1. The molecule has 17 heavy (non-hydrogen) atoms. The van der Waals surface area contributed by atoms with Gasteiger partial charge >= 0.3 is 0 Å². The number of fused-ring (bicyclic) bond motifs is 1. The summed E-state index contributed by atoms with van der Waals surface area (Å²) in [7, 11) is 0. The van der Waals surface area contributed by atoms with Crippen LogP contribution in [-0.4, -0.2) is 10.2 Å². The number of para-hydroxylation sites is 1. The topological polar surface area (TPSA) is 38.9 Å². The van der Waals surface area contributed by atoms with E-state index in [1.54, 1.807) is 0 Å². The van der Waals surface area contributed by atoms with Gasteiger partial charge in [0.15, 0.2) is 0 Å². The zero-order valence-electron chi connectivity index (χ0n) is 10.3. The minimum atomic E-state index is 0.666. The molecule has 1 aromatic carbocycles. The molecule has 0 aliphatic heterocycles. The van der Waals surface area contributed by atoms with Crippen molar-refractivity contribution in [3.8, 4) is 0 Å². The lowest BCUT2D eigenvalue weighted by Crippen LogP contribution is -2.00. The molecular formula is C14H18N2S. The highest BCUT2D eigenvalue weighted by molar-refractivity contribution is 7.99. The maximum atomic E-state index is 5.99. The lowest BCUT2D eigenvalue weighted by molar-refractivity contribution is 0.905. The minimum Gasteiger partial charge on any atom is -0.383 e. The van der Waals surface area contributed by atoms with Crippen LogP contribution >= 0.6 is 11.8 Å². The maximum Gasteiger partial charge on any atom is 0.128 e. The number of nitrogens with two attached hydrogens (primary N) is 1. The fourth-order valence-corrected chi connectivity index (χ4v) is 2.57. The molecule has 0 saturated heterocycles. The van der Waals surface area contributed by atoms with Gasteiger partial charge in [0.1, 0.15) is 5.82 Å². The number of anilines is 1. The summed E-state index contributed by atoms with van der Waals surface area (Å²) in [5.41, 5.74) is 8.11. The molecule has 0 amide bonds. The number of nitrogen functional groups attached to an aromatic ring is 1. The van der Waals surface area contributed by atoms with Gasteiger partial charge in [-0.1, -0.05) is 32.0 Å². The van der Waals surface area contributed by atoms with Crippen LogP contribution in [0.2, 0.25) is 0 Å². The molecular weight excluding hydrogens is 228 g/mol. The monoisotopic (exact) mass is 246 g/mol. The molecule has 0 bridgehead atoms. The van der Waals surface area contributed by atoms with Gasteiger partial charge in [-0.15, -0.1) is 0 Å². The fourth-order valence-electron chi connectivity index (χ4n) is 1.64. The number of thioether (sulfide) groups is 1. The molecule has 2 aromatic rings. The summed E-state index contributed by atoms with van der Waals surface area (Å²) < 4.78 is 0. The smallest absolute Gasteiger partial charge is 0.128 e. The van der Waals surface area contributed by atoms with Crippen molar-refractivity contribution in [3.63, 3.8) is 0 Å². The van der Waals surface area contributed by atoms with Gasteiger partial charge in [0.25, 0.3) is 0 Å². The summed E-state index contributed by atoms with van der Waals surface area (Å²) in [6, 6.07) is 10.3. The molecule has 0 radical (unpaired) electrons. The Labute approximate surface area is 107 Å². The summed E-state index contributed by atoms with van der Waals surface area (Å²) in [5.74, 6) is 1.61. The van der Waals surface area contributed by atoms with Crippen molar-refractivity contribution in [3.05, 3.63) is 35.9 Å². The molecule has 0 spiro atoms. The lowest BCUT2D eigenvalue weighted by atomic mass is 10.1. The van der Waals surface area contributed by atoms with Crippen LogP contribution in [0.5, 0.6) is 0 Å².